The molecule has 6 heterocycles. The average Bonchev–Trinajstić information content (AvgIpc) is 3.42. The maximum atomic E-state index is 15.1. The summed E-state index contributed by atoms with van der Waals surface area (Å²) in [5, 5.41) is 26.5. The second-order valence-corrected chi connectivity index (χ2v) is 14.7. The number of halogens is 2. The number of phenolic OH excluding ortho intramolecular Hbond substituents is 1. The number of aromatic hydroxyl groups is 1. The monoisotopic (exact) mass is 636 g/mol. The number of terminal acetylenes is 1. The van der Waals surface area contributed by atoms with Crippen molar-refractivity contribution in [1.82, 2.24) is 15.2 Å². The standard InChI is InChI=1S/C37H38F2N6O2/c1-2-27-30(39)7-4-22-12-26(46)13-32(33(22)27)45-20-31-28(15-36(45)9-10-36)34(43-18-24-5-6-25(19-43)41-24)29(16-40)35(42-31)47-21-37-8-3-11-44(37)17-23(38)14-37/h1,4,7,12-13,23-25,41,46H,3,5-6,8-11,14-15,17-21H2/t23-,24?,25?,37+/m1/s1. The number of fused-ring (bicyclic) bond motifs is 5. The van der Waals surface area contributed by atoms with Crippen LogP contribution in [0.3, 0.4) is 0 Å². The SMILES string of the molecule is C#Cc1c(F)ccc2cc(O)cc(N3Cc4nc(OC[C@@]56CCCN5C[C@H](F)C6)c(C#N)c(N5CC6CCC(C5)N6)c4CC34CC4)c12. The highest BCUT2D eigenvalue weighted by Crippen LogP contribution is 2.55. The zero-order chi connectivity index (χ0) is 32.1. The molecule has 5 fully saturated rings. The van der Waals surface area contributed by atoms with Gasteiger partial charge in [-0.2, -0.15) is 5.26 Å². The van der Waals surface area contributed by atoms with Gasteiger partial charge < -0.3 is 25.0 Å². The highest BCUT2D eigenvalue weighted by atomic mass is 19.1. The molecule has 8 nitrogen and oxygen atoms in total. The van der Waals surface area contributed by atoms with Gasteiger partial charge in [0.15, 0.2) is 0 Å². The predicted octanol–water partition coefficient (Wildman–Crippen LogP) is 4.92. The molecule has 1 saturated carbocycles. The van der Waals surface area contributed by atoms with Crippen LogP contribution >= 0.6 is 0 Å². The number of hydrogen-bond acceptors (Lipinski definition) is 8. The van der Waals surface area contributed by atoms with E-state index < -0.39 is 12.0 Å². The van der Waals surface area contributed by atoms with Gasteiger partial charge in [-0.15, -0.1) is 6.42 Å². The zero-order valence-corrected chi connectivity index (χ0v) is 26.4. The number of anilines is 2. The number of aromatic nitrogens is 1. The fraction of sp³-hybridized carbons (Fsp3) is 0.514. The Balaban J connectivity index is 1.18. The summed E-state index contributed by atoms with van der Waals surface area (Å²) in [5.41, 5.74) is 3.48. The molecule has 3 aromatic rings. The first-order valence-electron chi connectivity index (χ1n) is 17.0. The van der Waals surface area contributed by atoms with Crippen molar-refractivity contribution in [3.05, 3.63) is 52.5 Å². The molecule has 5 aliphatic heterocycles. The molecule has 0 amide bonds. The Bertz CT molecular complexity index is 1890. The molecule has 47 heavy (non-hydrogen) atoms. The van der Waals surface area contributed by atoms with Crippen LogP contribution in [-0.2, 0) is 13.0 Å². The van der Waals surface area contributed by atoms with Gasteiger partial charge in [-0.05, 0) is 69.0 Å². The van der Waals surface area contributed by atoms with E-state index in [4.69, 9.17) is 16.1 Å². The Labute approximate surface area is 273 Å². The summed E-state index contributed by atoms with van der Waals surface area (Å²) in [6.45, 7) is 3.58. The van der Waals surface area contributed by atoms with Crippen LogP contribution in [0.25, 0.3) is 10.8 Å². The molecule has 2 aromatic carbocycles. The summed E-state index contributed by atoms with van der Waals surface area (Å²) in [6, 6.07) is 9.54. The molecule has 2 unspecified atom stereocenters. The van der Waals surface area contributed by atoms with Crippen LogP contribution in [0.4, 0.5) is 20.2 Å². The lowest BCUT2D eigenvalue weighted by atomic mass is 9.89. The lowest BCUT2D eigenvalue weighted by Crippen LogP contribution is -2.52. The molecule has 4 atom stereocenters. The van der Waals surface area contributed by atoms with E-state index in [2.05, 4.69) is 32.0 Å². The quantitative estimate of drug-likeness (QED) is 0.382. The summed E-state index contributed by atoms with van der Waals surface area (Å²) in [6.07, 6.45) is 12.0. The van der Waals surface area contributed by atoms with Crippen LogP contribution in [-0.4, -0.2) is 77.1 Å². The summed E-state index contributed by atoms with van der Waals surface area (Å²) >= 11 is 0. The van der Waals surface area contributed by atoms with Crippen molar-refractivity contribution >= 4 is 22.1 Å². The molecule has 2 N–H and O–H groups in total. The molecular formula is C37H38F2N6O2. The Morgan fingerprint density at radius 2 is 1.94 bits per heavy atom. The molecule has 9 rings (SSSR count). The number of rotatable bonds is 5. The minimum absolute atomic E-state index is 0.0839. The number of nitriles is 1. The van der Waals surface area contributed by atoms with Gasteiger partial charge in [-0.1, -0.05) is 12.0 Å². The first-order valence-corrected chi connectivity index (χ1v) is 17.0. The molecule has 2 bridgehead atoms. The lowest BCUT2D eigenvalue weighted by molar-refractivity contribution is 0.110. The fourth-order valence-corrected chi connectivity index (χ4v) is 9.57. The third-order valence-corrected chi connectivity index (χ3v) is 11.9. The van der Waals surface area contributed by atoms with E-state index in [1.54, 1.807) is 18.2 Å². The first-order chi connectivity index (χ1) is 22.8. The normalized spacial score (nSPS) is 28.7. The average molecular weight is 637 g/mol. The van der Waals surface area contributed by atoms with Crippen LogP contribution in [0.5, 0.6) is 11.6 Å². The molecule has 4 saturated heterocycles. The summed E-state index contributed by atoms with van der Waals surface area (Å²) in [4.78, 5) is 11.9. The number of nitrogens with one attached hydrogen (secondary N) is 1. The van der Waals surface area contributed by atoms with Gasteiger partial charge in [0.05, 0.1) is 34.7 Å². The molecular weight excluding hydrogens is 598 g/mol. The number of nitrogens with zero attached hydrogens (tertiary/aromatic N) is 5. The van der Waals surface area contributed by atoms with Crippen molar-refractivity contribution < 1.29 is 18.6 Å². The van der Waals surface area contributed by atoms with Crippen molar-refractivity contribution in [1.29, 1.82) is 5.26 Å². The van der Waals surface area contributed by atoms with Crippen LogP contribution in [0.2, 0.25) is 0 Å². The Kier molecular flexibility index (Phi) is 6.45. The van der Waals surface area contributed by atoms with Gasteiger partial charge >= 0.3 is 0 Å². The van der Waals surface area contributed by atoms with Crippen molar-refractivity contribution in [2.75, 3.05) is 42.6 Å². The Morgan fingerprint density at radius 1 is 1.13 bits per heavy atom. The Morgan fingerprint density at radius 3 is 2.68 bits per heavy atom. The van der Waals surface area contributed by atoms with Gasteiger partial charge in [0.2, 0.25) is 5.88 Å². The van der Waals surface area contributed by atoms with Crippen molar-refractivity contribution in [3.63, 3.8) is 0 Å². The molecule has 1 aliphatic carbocycles. The minimum atomic E-state index is -0.879. The van der Waals surface area contributed by atoms with E-state index in [0.29, 0.717) is 65.9 Å². The van der Waals surface area contributed by atoms with E-state index in [9.17, 15) is 14.8 Å². The summed E-state index contributed by atoms with van der Waals surface area (Å²) < 4.78 is 36.3. The highest BCUT2D eigenvalue weighted by molar-refractivity contribution is 6.00. The maximum absolute atomic E-state index is 15.1. The van der Waals surface area contributed by atoms with E-state index in [0.717, 1.165) is 75.1 Å². The highest BCUT2D eigenvalue weighted by Gasteiger charge is 2.54. The number of hydrogen-bond donors (Lipinski definition) is 2. The smallest absolute Gasteiger partial charge is 0.234 e. The van der Waals surface area contributed by atoms with E-state index in [-0.39, 0.29) is 29.0 Å². The molecule has 0 radical (unpaired) electrons. The Hall–Kier alpha value is -4.12. The van der Waals surface area contributed by atoms with Crippen LogP contribution in [0.1, 0.15) is 67.3 Å². The van der Waals surface area contributed by atoms with Crippen molar-refractivity contribution in [2.24, 2.45) is 0 Å². The van der Waals surface area contributed by atoms with Gasteiger partial charge in [0.1, 0.15) is 36.0 Å². The summed E-state index contributed by atoms with van der Waals surface area (Å²) in [7, 11) is 0. The number of piperazine rings is 1. The third kappa shape index (κ3) is 4.48. The van der Waals surface area contributed by atoms with Gasteiger partial charge in [0, 0.05) is 60.7 Å². The molecule has 242 valence electrons. The van der Waals surface area contributed by atoms with Gasteiger partial charge in [-0.3, -0.25) is 4.90 Å². The fourth-order valence-electron chi connectivity index (χ4n) is 9.57. The van der Waals surface area contributed by atoms with Crippen LogP contribution in [0.15, 0.2) is 24.3 Å². The largest absolute Gasteiger partial charge is 0.508 e. The first kappa shape index (κ1) is 29.1. The topological polar surface area (TPSA) is 87.9 Å². The van der Waals surface area contributed by atoms with Crippen LogP contribution in [0, 0.1) is 29.5 Å². The van der Waals surface area contributed by atoms with Crippen molar-refractivity contribution in [2.45, 2.75) is 87.2 Å². The maximum Gasteiger partial charge on any atom is 0.234 e. The molecule has 1 aromatic heterocycles. The molecule has 10 heteroatoms. The van der Waals surface area contributed by atoms with Crippen LogP contribution < -0.4 is 19.9 Å². The second kappa shape index (κ2) is 10.4. The summed E-state index contributed by atoms with van der Waals surface area (Å²) in [5.74, 6) is 2.48. The third-order valence-electron chi connectivity index (χ3n) is 11.9. The number of alkyl halides is 1. The van der Waals surface area contributed by atoms with E-state index in [1.807, 2.05) is 0 Å². The second-order valence-electron chi connectivity index (χ2n) is 14.7. The minimum Gasteiger partial charge on any atom is -0.508 e. The van der Waals surface area contributed by atoms with Gasteiger partial charge in [0.25, 0.3) is 0 Å². The predicted molar refractivity (Wildman–Crippen MR) is 175 cm³/mol. The lowest BCUT2D eigenvalue weighted by Gasteiger charge is -2.43. The zero-order valence-electron chi connectivity index (χ0n) is 26.4. The van der Waals surface area contributed by atoms with E-state index >= 15 is 4.39 Å². The number of phenols is 1. The van der Waals surface area contributed by atoms with E-state index in [1.165, 1.54) is 6.07 Å². The number of pyridine rings is 1. The number of ether oxygens (including phenoxy) is 1. The molecule has 1 spiro atoms. The van der Waals surface area contributed by atoms with Crippen molar-refractivity contribution in [3.8, 4) is 30.0 Å². The van der Waals surface area contributed by atoms with Gasteiger partial charge in [-0.25, -0.2) is 13.8 Å². The number of benzene rings is 2. The molecule has 6 aliphatic rings.